The van der Waals surface area contributed by atoms with Crippen molar-refractivity contribution in [3.63, 3.8) is 0 Å². The molecule has 2 heterocycles. The first-order valence-electron chi connectivity index (χ1n) is 6.91. The van der Waals surface area contributed by atoms with Crippen molar-refractivity contribution in [1.82, 2.24) is 25.5 Å². The molecule has 0 bridgehead atoms. The van der Waals surface area contributed by atoms with Gasteiger partial charge in [-0.25, -0.2) is 4.98 Å². The van der Waals surface area contributed by atoms with E-state index in [-0.39, 0.29) is 11.7 Å². The van der Waals surface area contributed by atoms with E-state index in [1.165, 1.54) is 0 Å². The molecule has 6 nitrogen and oxygen atoms in total. The Balaban J connectivity index is 1.63. The third kappa shape index (κ3) is 2.68. The van der Waals surface area contributed by atoms with Crippen LogP contribution in [0, 0.1) is 0 Å². The summed E-state index contributed by atoms with van der Waals surface area (Å²) in [5.74, 6) is 1.23. The van der Waals surface area contributed by atoms with Crippen LogP contribution in [0.25, 0.3) is 0 Å². The number of H-pyrrole nitrogens is 1. The summed E-state index contributed by atoms with van der Waals surface area (Å²) in [6.45, 7) is 2.47. The van der Waals surface area contributed by atoms with Gasteiger partial charge in [-0.05, 0) is 30.9 Å². The van der Waals surface area contributed by atoms with Crippen LogP contribution in [0.1, 0.15) is 53.4 Å². The number of aromatic amines is 1. The molecule has 1 saturated carbocycles. The molecule has 1 aliphatic rings. The number of hydrogen-bond acceptors (Lipinski definition) is 4. The Hall–Kier alpha value is -2.24. The molecule has 104 valence electrons. The van der Waals surface area contributed by atoms with Crippen LogP contribution >= 0.6 is 0 Å². The second-order valence-electron chi connectivity index (χ2n) is 4.96. The van der Waals surface area contributed by atoms with E-state index >= 15 is 0 Å². The summed E-state index contributed by atoms with van der Waals surface area (Å²) in [6, 6.07) is 3.92. The quantitative estimate of drug-likeness (QED) is 0.864. The summed E-state index contributed by atoms with van der Waals surface area (Å²) in [4.78, 5) is 20.5. The van der Waals surface area contributed by atoms with Gasteiger partial charge in [0.2, 0.25) is 5.82 Å². The van der Waals surface area contributed by atoms with Crippen LogP contribution in [0.2, 0.25) is 0 Å². The van der Waals surface area contributed by atoms with E-state index < -0.39 is 0 Å². The van der Waals surface area contributed by atoms with Crippen molar-refractivity contribution in [3.8, 4) is 0 Å². The van der Waals surface area contributed by atoms with Gasteiger partial charge in [0, 0.05) is 12.1 Å². The van der Waals surface area contributed by atoms with Crippen molar-refractivity contribution >= 4 is 5.91 Å². The number of rotatable bonds is 5. The lowest BCUT2D eigenvalue weighted by atomic mass is 10.1. The van der Waals surface area contributed by atoms with E-state index in [1.807, 2.05) is 12.1 Å². The summed E-state index contributed by atoms with van der Waals surface area (Å²) in [6.07, 6.45) is 4.89. The molecule has 2 N–H and O–H groups in total. The van der Waals surface area contributed by atoms with Crippen molar-refractivity contribution < 1.29 is 4.79 Å². The van der Waals surface area contributed by atoms with Crippen LogP contribution in [0.15, 0.2) is 18.3 Å². The minimum atomic E-state index is -0.263. The molecule has 1 aliphatic carbocycles. The molecule has 0 aromatic carbocycles. The summed E-state index contributed by atoms with van der Waals surface area (Å²) in [5, 5.41) is 9.61. The number of nitrogens with one attached hydrogen (secondary N) is 2. The number of carbonyl (C=O) groups excluding carboxylic acids is 1. The molecule has 0 aliphatic heterocycles. The van der Waals surface area contributed by atoms with Crippen LogP contribution in [-0.4, -0.2) is 26.1 Å². The van der Waals surface area contributed by atoms with Crippen molar-refractivity contribution in [2.45, 2.75) is 38.6 Å². The molecule has 2 aromatic rings. The van der Waals surface area contributed by atoms with Crippen molar-refractivity contribution in [1.29, 1.82) is 0 Å². The highest BCUT2D eigenvalue weighted by Crippen LogP contribution is 2.37. The van der Waals surface area contributed by atoms with E-state index in [0.717, 1.165) is 36.3 Å². The zero-order chi connectivity index (χ0) is 13.9. The van der Waals surface area contributed by atoms with Gasteiger partial charge in [-0.2, -0.15) is 0 Å². The number of pyridine rings is 1. The fourth-order valence-corrected chi connectivity index (χ4v) is 2.11. The van der Waals surface area contributed by atoms with Crippen molar-refractivity contribution in [2.75, 3.05) is 0 Å². The molecule has 6 heteroatoms. The van der Waals surface area contributed by atoms with Gasteiger partial charge in [-0.15, -0.1) is 5.10 Å². The van der Waals surface area contributed by atoms with Crippen LogP contribution in [0.3, 0.4) is 0 Å². The molecule has 3 rings (SSSR count). The predicted molar refractivity (Wildman–Crippen MR) is 73.1 cm³/mol. The Labute approximate surface area is 117 Å². The maximum atomic E-state index is 12.0. The Morgan fingerprint density at radius 3 is 3.10 bits per heavy atom. The Kier molecular flexibility index (Phi) is 3.45. The minimum Gasteiger partial charge on any atom is -0.344 e. The summed E-state index contributed by atoms with van der Waals surface area (Å²) >= 11 is 0. The number of amides is 1. The lowest BCUT2D eigenvalue weighted by molar-refractivity contribution is 0.0940. The van der Waals surface area contributed by atoms with Gasteiger partial charge in [-0.1, -0.05) is 13.0 Å². The second-order valence-corrected chi connectivity index (χ2v) is 4.96. The highest BCUT2D eigenvalue weighted by molar-refractivity contribution is 5.90. The zero-order valence-electron chi connectivity index (χ0n) is 11.4. The van der Waals surface area contributed by atoms with Gasteiger partial charge in [0.25, 0.3) is 5.91 Å². The van der Waals surface area contributed by atoms with Gasteiger partial charge < -0.3 is 5.32 Å². The highest BCUT2D eigenvalue weighted by atomic mass is 16.2. The first kappa shape index (κ1) is 12.8. The van der Waals surface area contributed by atoms with Gasteiger partial charge >= 0.3 is 0 Å². The number of carbonyl (C=O) groups is 1. The standard InChI is InChI=1S/C14H17N5O/c1-2-9-4-3-7-15-11(9)8-16-14(20)13-17-12(18-19-13)10-5-6-10/h3-4,7,10H,2,5-6,8H2,1H3,(H,16,20)(H,17,18,19). The Bertz CT molecular complexity index is 618. The smallest absolute Gasteiger partial charge is 0.291 e. The Morgan fingerprint density at radius 2 is 2.35 bits per heavy atom. The maximum Gasteiger partial charge on any atom is 0.291 e. The summed E-state index contributed by atoms with van der Waals surface area (Å²) < 4.78 is 0. The average Bonchev–Trinajstić information content (AvgIpc) is 3.22. The lowest BCUT2D eigenvalue weighted by Gasteiger charge is -2.06. The summed E-state index contributed by atoms with van der Waals surface area (Å²) in [5.41, 5.74) is 2.03. The molecule has 1 amide bonds. The first-order chi connectivity index (χ1) is 9.78. The minimum absolute atomic E-state index is 0.209. The van der Waals surface area contributed by atoms with Gasteiger partial charge in [-0.3, -0.25) is 14.9 Å². The van der Waals surface area contributed by atoms with E-state index in [1.54, 1.807) is 6.20 Å². The van der Waals surface area contributed by atoms with Gasteiger partial charge in [0.1, 0.15) is 5.82 Å². The average molecular weight is 271 g/mol. The van der Waals surface area contributed by atoms with Crippen LogP contribution in [0.4, 0.5) is 0 Å². The normalized spacial score (nSPS) is 14.2. The first-order valence-corrected chi connectivity index (χ1v) is 6.91. The van der Waals surface area contributed by atoms with E-state index in [0.29, 0.717) is 12.5 Å². The molecular weight excluding hydrogens is 254 g/mol. The highest BCUT2D eigenvalue weighted by Gasteiger charge is 2.28. The van der Waals surface area contributed by atoms with E-state index in [2.05, 4.69) is 32.4 Å². The van der Waals surface area contributed by atoms with Crippen LogP contribution in [0.5, 0.6) is 0 Å². The number of aromatic nitrogens is 4. The monoisotopic (exact) mass is 271 g/mol. The van der Waals surface area contributed by atoms with Gasteiger partial charge in [0.05, 0.1) is 12.2 Å². The maximum absolute atomic E-state index is 12.0. The SMILES string of the molecule is CCc1cccnc1CNC(=O)c1n[nH]c(C2CC2)n1. The van der Waals surface area contributed by atoms with Crippen molar-refractivity contribution in [3.05, 3.63) is 41.2 Å². The molecule has 0 atom stereocenters. The largest absolute Gasteiger partial charge is 0.344 e. The topological polar surface area (TPSA) is 83.6 Å². The lowest BCUT2D eigenvalue weighted by Crippen LogP contribution is -2.25. The molecule has 0 saturated heterocycles. The molecule has 1 fully saturated rings. The summed E-state index contributed by atoms with van der Waals surface area (Å²) in [7, 11) is 0. The number of hydrogen-bond donors (Lipinski definition) is 2. The van der Waals surface area contributed by atoms with E-state index in [4.69, 9.17) is 0 Å². The fraction of sp³-hybridized carbons (Fsp3) is 0.429. The Morgan fingerprint density at radius 1 is 1.50 bits per heavy atom. The zero-order valence-corrected chi connectivity index (χ0v) is 11.4. The number of aryl methyl sites for hydroxylation is 1. The molecule has 0 radical (unpaired) electrons. The third-order valence-electron chi connectivity index (χ3n) is 3.45. The fourth-order valence-electron chi connectivity index (χ4n) is 2.11. The second kappa shape index (κ2) is 5.40. The third-order valence-corrected chi connectivity index (χ3v) is 3.45. The molecule has 2 aromatic heterocycles. The van der Waals surface area contributed by atoms with Crippen molar-refractivity contribution in [2.24, 2.45) is 0 Å². The molecule has 0 spiro atoms. The molecule has 0 unspecified atom stereocenters. The molecular formula is C14H17N5O. The van der Waals surface area contributed by atoms with Gasteiger partial charge in [0.15, 0.2) is 0 Å². The molecule has 20 heavy (non-hydrogen) atoms. The van der Waals surface area contributed by atoms with E-state index in [9.17, 15) is 4.79 Å². The predicted octanol–water partition coefficient (Wildman–Crippen LogP) is 1.57. The number of nitrogens with zero attached hydrogens (tertiary/aromatic N) is 3. The van der Waals surface area contributed by atoms with Crippen LogP contribution in [-0.2, 0) is 13.0 Å². The van der Waals surface area contributed by atoms with Crippen LogP contribution < -0.4 is 5.32 Å².